The fourth-order valence-electron chi connectivity index (χ4n) is 3.35. The minimum absolute atomic E-state index is 0.233. The molecule has 1 aromatic heterocycles. The number of ketones is 1. The Morgan fingerprint density at radius 3 is 2.46 bits per heavy atom. The summed E-state index contributed by atoms with van der Waals surface area (Å²) in [6.45, 7) is 4.53. The summed E-state index contributed by atoms with van der Waals surface area (Å²) < 4.78 is 16.2. The average molecular weight is 379 g/mol. The van der Waals surface area contributed by atoms with Crippen LogP contribution in [0.5, 0.6) is 0 Å². The number of hydrogen-bond acceptors (Lipinski definition) is 6. The molecule has 1 aliphatic heterocycles. The Kier molecular flexibility index (Phi) is 5.12. The zero-order valence-electron chi connectivity index (χ0n) is 15.6. The van der Waals surface area contributed by atoms with E-state index in [9.17, 15) is 9.59 Å². The number of fused-ring (bicyclic) bond motifs is 1. The van der Waals surface area contributed by atoms with Crippen LogP contribution in [-0.4, -0.2) is 44.7 Å². The van der Waals surface area contributed by atoms with Crippen LogP contribution in [0.1, 0.15) is 26.5 Å². The molecule has 0 N–H and O–H groups in total. The Morgan fingerprint density at radius 2 is 1.75 bits per heavy atom. The standard InChI is InChI=1S/C22H21NO5/c1-15-18-4-2-3-5-20(18)28-21(15)19(24)14-27-22(25)16-6-8-17(9-7-16)23-10-12-26-13-11-23/h2-9H,10-14H2,1H3. The maximum Gasteiger partial charge on any atom is 0.338 e. The predicted octanol–water partition coefficient (Wildman–Crippen LogP) is 3.62. The molecule has 0 amide bonds. The number of rotatable bonds is 5. The molecule has 0 bridgehead atoms. The molecule has 0 radical (unpaired) electrons. The third kappa shape index (κ3) is 3.64. The molecule has 6 nitrogen and oxygen atoms in total. The number of esters is 1. The minimum atomic E-state index is -0.532. The summed E-state index contributed by atoms with van der Waals surface area (Å²) in [6.07, 6.45) is 0. The second-order valence-corrected chi connectivity index (χ2v) is 6.70. The van der Waals surface area contributed by atoms with Crippen LogP contribution in [0.4, 0.5) is 5.69 Å². The number of Topliss-reactive ketones (excluding diaryl/α,β-unsaturated/α-hetero) is 1. The van der Waals surface area contributed by atoms with Crippen LogP contribution in [0.15, 0.2) is 52.9 Å². The largest absolute Gasteiger partial charge is 0.454 e. The van der Waals surface area contributed by atoms with Crippen molar-refractivity contribution in [3.63, 3.8) is 0 Å². The van der Waals surface area contributed by atoms with E-state index < -0.39 is 5.97 Å². The zero-order valence-corrected chi connectivity index (χ0v) is 15.6. The summed E-state index contributed by atoms with van der Waals surface area (Å²) in [5.41, 5.74) is 2.85. The Bertz CT molecular complexity index is 999. The van der Waals surface area contributed by atoms with Crippen molar-refractivity contribution >= 4 is 28.4 Å². The van der Waals surface area contributed by atoms with Gasteiger partial charge in [0, 0.05) is 29.7 Å². The number of aryl methyl sites for hydroxylation is 1. The topological polar surface area (TPSA) is 69.0 Å². The predicted molar refractivity (Wildman–Crippen MR) is 105 cm³/mol. The van der Waals surface area contributed by atoms with Crippen molar-refractivity contribution in [2.24, 2.45) is 0 Å². The second-order valence-electron chi connectivity index (χ2n) is 6.70. The van der Waals surface area contributed by atoms with E-state index >= 15 is 0 Å². The number of furan rings is 1. The number of ether oxygens (including phenoxy) is 2. The van der Waals surface area contributed by atoms with Crippen LogP contribution in [0.25, 0.3) is 11.0 Å². The van der Waals surface area contributed by atoms with Gasteiger partial charge in [-0.25, -0.2) is 4.79 Å². The number of carbonyl (C=O) groups excluding carboxylic acids is 2. The number of benzene rings is 2. The summed E-state index contributed by atoms with van der Waals surface area (Å²) >= 11 is 0. The van der Waals surface area contributed by atoms with Gasteiger partial charge in [0.1, 0.15) is 5.58 Å². The molecule has 144 valence electrons. The Balaban J connectivity index is 1.39. The van der Waals surface area contributed by atoms with Crippen LogP contribution in [0, 0.1) is 6.92 Å². The molecule has 3 aromatic rings. The third-order valence-corrected chi connectivity index (χ3v) is 4.91. The first-order valence-electron chi connectivity index (χ1n) is 9.24. The van der Waals surface area contributed by atoms with E-state index in [0.717, 1.165) is 29.7 Å². The van der Waals surface area contributed by atoms with Crippen LogP contribution >= 0.6 is 0 Å². The summed E-state index contributed by atoms with van der Waals surface area (Å²) in [4.78, 5) is 26.9. The summed E-state index contributed by atoms with van der Waals surface area (Å²) in [6, 6.07) is 14.6. The Hall–Kier alpha value is -3.12. The van der Waals surface area contributed by atoms with Crippen LogP contribution in [0.3, 0.4) is 0 Å². The zero-order chi connectivity index (χ0) is 19.5. The van der Waals surface area contributed by atoms with Crippen molar-refractivity contribution in [3.8, 4) is 0 Å². The summed E-state index contributed by atoms with van der Waals surface area (Å²) in [5, 5.41) is 0.885. The molecular weight excluding hydrogens is 358 g/mol. The highest BCUT2D eigenvalue weighted by atomic mass is 16.5. The highest BCUT2D eigenvalue weighted by molar-refractivity contribution is 6.02. The molecule has 28 heavy (non-hydrogen) atoms. The van der Waals surface area contributed by atoms with Gasteiger partial charge in [-0.05, 0) is 37.3 Å². The number of hydrogen-bond donors (Lipinski definition) is 0. The molecule has 2 heterocycles. The fraction of sp³-hybridized carbons (Fsp3) is 0.273. The first kappa shape index (κ1) is 18.3. The van der Waals surface area contributed by atoms with E-state index in [1.807, 2.05) is 37.3 Å². The van der Waals surface area contributed by atoms with Crippen molar-refractivity contribution in [2.75, 3.05) is 37.8 Å². The van der Waals surface area contributed by atoms with Gasteiger partial charge in [-0.1, -0.05) is 18.2 Å². The average Bonchev–Trinajstić information content (AvgIpc) is 3.09. The summed E-state index contributed by atoms with van der Waals surface area (Å²) in [5.74, 6) is -0.653. The van der Waals surface area contributed by atoms with Gasteiger partial charge >= 0.3 is 5.97 Å². The van der Waals surface area contributed by atoms with Crippen molar-refractivity contribution < 1.29 is 23.5 Å². The van der Waals surface area contributed by atoms with Crippen LogP contribution < -0.4 is 4.90 Å². The minimum Gasteiger partial charge on any atom is -0.454 e. The lowest BCUT2D eigenvalue weighted by Crippen LogP contribution is -2.36. The molecule has 0 aliphatic carbocycles. The second kappa shape index (κ2) is 7.86. The molecule has 2 aromatic carbocycles. The van der Waals surface area contributed by atoms with Crippen molar-refractivity contribution in [1.29, 1.82) is 0 Å². The van der Waals surface area contributed by atoms with E-state index in [0.29, 0.717) is 24.4 Å². The monoisotopic (exact) mass is 379 g/mol. The quantitative estimate of drug-likeness (QED) is 0.498. The van der Waals surface area contributed by atoms with Gasteiger partial charge in [-0.2, -0.15) is 0 Å². The molecule has 1 aliphatic rings. The lowest BCUT2D eigenvalue weighted by Gasteiger charge is -2.28. The molecule has 1 saturated heterocycles. The smallest absolute Gasteiger partial charge is 0.338 e. The highest BCUT2D eigenvalue weighted by Gasteiger charge is 2.19. The van der Waals surface area contributed by atoms with Crippen LogP contribution in [0.2, 0.25) is 0 Å². The Morgan fingerprint density at radius 1 is 1.04 bits per heavy atom. The number of morpholine rings is 1. The first-order chi connectivity index (χ1) is 13.6. The van der Waals surface area contributed by atoms with Gasteiger partial charge < -0.3 is 18.8 Å². The molecule has 0 saturated carbocycles. The Labute approximate surface area is 162 Å². The van der Waals surface area contributed by atoms with Gasteiger partial charge in [0.2, 0.25) is 5.78 Å². The molecule has 1 fully saturated rings. The van der Waals surface area contributed by atoms with E-state index in [2.05, 4.69) is 4.90 Å². The lowest BCUT2D eigenvalue weighted by molar-refractivity contribution is 0.0468. The fourth-order valence-corrected chi connectivity index (χ4v) is 3.35. The van der Waals surface area contributed by atoms with Gasteiger partial charge in [0.25, 0.3) is 0 Å². The SMILES string of the molecule is Cc1c(C(=O)COC(=O)c2ccc(N3CCOCC3)cc2)oc2ccccc12. The summed E-state index contributed by atoms with van der Waals surface area (Å²) in [7, 11) is 0. The molecule has 0 unspecified atom stereocenters. The van der Waals surface area contributed by atoms with E-state index in [4.69, 9.17) is 13.9 Å². The molecule has 0 atom stereocenters. The number of carbonyl (C=O) groups is 2. The van der Waals surface area contributed by atoms with E-state index in [1.54, 1.807) is 18.2 Å². The maximum atomic E-state index is 12.4. The van der Waals surface area contributed by atoms with Crippen molar-refractivity contribution in [3.05, 3.63) is 65.4 Å². The first-order valence-corrected chi connectivity index (χ1v) is 9.24. The molecular formula is C22H21NO5. The van der Waals surface area contributed by atoms with E-state index in [-0.39, 0.29) is 18.2 Å². The van der Waals surface area contributed by atoms with E-state index in [1.165, 1.54) is 0 Å². The van der Waals surface area contributed by atoms with Gasteiger partial charge in [0.05, 0.1) is 18.8 Å². The van der Waals surface area contributed by atoms with Gasteiger partial charge in [-0.15, -0.1) is 0 Å². The normalized spacial score (nSPS) is 14.2. The maximum absolute atomic E-state index is 12.4. The van der Waals surface area contributed by atoms with Crippen molar-refractivity contribution in [2.45, 2.75) is 6.92 Å². The van der Waals surface area contributed by atoms with Crippen LogP contribution in [-0.2, 0) is 9.47 Å². The van der Waals surface area contributed by atoms with Gasteiger partial charge in [-0.3, -0.25) is 4.79 Å². The lowest BCUT2D eigenvalue weighted by atomic mass is 10.1. The highest BCUT2D eigenvalue weighted by Crippen LogP contribution is 2.25. The molecule has 6 heteroatoms. The number of nitrogens with zero attached hydrogens (tertiary/aromatic N) is 1. The number of anilines is 1. The van der Waals surface area contributed by atoms with Crippen molar-refractivity contribution in [1.82, 2.24) is 0 Å². The molecule has 4 rings (SSSR count). The number of para-hydroxylation sites is 1. The molecule has 0 spiro atoms. The van der Waals surface area contributed by atoms with Gasteiger partial charge in [0.15, 0.2) is 12.4 Å². The third-order valence-electron chi connectivity index (χ3n) is 4.91.